The van der Waals surface area contributed by atoms with Gasteiger partial charge in [0.05, 0.1) is 33.0 Å². The summed E-state index contributed by atoms with van der Waals surface area (Å²) in [5.74, 6) is 4.38. The number of ether oxygens (including phenoxy) is 2. The number of hydrogen-bond donors (Lipinski definition) is 0. The van der Waals surface area contributed by atoms with Crippen molar-refractivity contribution < 1.29 is 18.1 Å². The van der Waals surface area contributed by atoms with Crippen LogP contribution in [-0.4, -0.2) is 60.5 Å². The van der Waals surface area contributed by atoms with Crippen molar-refractivity contribution in [1.82, 2.24) is 15.0 Å². The highest BCUT2D eigenvalue weighted by Crippen LogP contribution is 2.42. The zero-order valence-corrected chi connectivity index (χ0v) is 29.3. The number of benzene rings is 2. The van der Waals surface area contributed by atoms with Crippen LogP contribution in [0.15, 0.2) is 41.7 Å². The maximum atomic E-state index is 16.0. The largest absolute Gasteiger partial charge is 0.468 e. The lowest BCUT2D eigenvalue weighted by Gasteiger charge is -2.38. The van der Waals surface area contributed by atoms with Gasteiger partial charge in [0.1, 0.15) is 25.5 Å². The molecule has 0 radical (unpaired) electrons. The number of fused-ring (bicyclic) bond motifs is 2. The summed E-state index contributed by atoms with van der Waals surface area (Å²) in [7, 11) is -1.95. The molecule has 0 saturated carbocycles. The number of rotatable bonds is 9. The summed E-state index contributed by atoms with van der Waals surface area (Å²) in [4.78, 5) is 16.5. The van der Waals surface area contributed by atoms with Gasteiger partial charge >= 0.3 is 0 Å². The van der Waals surface area contributed by atoms with Gasteiger partial charge in [-0.2, -0.15) is 0 Å². The molecule has 0 aliphatic carbocycles. The van der Waals surface area contributed by atoms with Crippen LogP contribution in [-0.2, 0) is 15.5 Å². The summed E-state index contributed by atoms with van der Waals surface area (Å²) in [5, 5.41) is 2.51. The molecule has 238 valence electrons. The van der Waals surface area contributed by atoms with Crippen LogP contribution >= 0.6 is 0 Å². The lowest BCUT2D eigenvalue weighted by Crippen LogP contribution is -2.43. The monoisotopic (exact) mass is 646 g/mol. The normalized spacial score (nSPS) is 14.5. The maximum absolute atomic E-state index is 16.0. The highest BCUT2D eigenvalue weighted by molar-refractivity contribution is 7.84. The lowest BCUT2D eigenvalue weighted by molar-refractivity contribution is 0.0512. The molecule has 0 bridgehead atoms. The average Bonchev–Trinajstić information content (AvgIpc) is 3.54. The van der Waals surface area contributed by atoms with E-state index in [2.05, 4.69) is 67.9 Å². The van der Waals surface area contributed by atoms with E-state index in [0.29, 0.717) is 50.1 Å². The van der Waals surface area contributed by atoms with Crippen molar-refractivity contribution in [3.05, 3.63) is 47.9 Å². The van der Waals surface area contributed by atoms with Crippen LogP contribution in [0.25, 0.3) is 32.9 Å². The molecular formula is C35H43FN4O3SSi. The molecule has 7 nitrogen and oxygen atoms in total. The molecule has 5 rings (SSSR count). The molecule has 2 aromatic carbocycles. The van der Waals surface area contributed by atoms with Gasteiger partial charge in [0, 0.05) is 43.6 Å². The van der Waals surface area contributed by atoms with Crippen molar-refractivity contribution in [1.29, 1.82) is 0 Å². The Bertz CT molecular complexity index is 1790. The Balaban J connectivity index is 1.86. The second-order valence-corrected chi connectivity index (χ2v) is 19.6. The fraction of sp³-hybridized carbons (Fsp3) is 0.457. The molecular weight excluding hydrogens is 604 g/mol. The minimum absolute atomic E-state index is 0.0627. The maximum Gasteiger partial charge on any atom is 0.218 e. The predicted molar refractivity (Wildman–Crippen MR) is 184 cm³/mol. The molecule has 10 heteroatoms. The Kier molecular flexibility index (Phi) is 9.92. The first kappa shape index (κ1) is 33.0. The Hall–Kier alpha value is -3.39. The minimum atomic E-state index is -2.16. The van der Waals surface area contributed by atoms with Crippen LogP contribution in [0.3, 0.4) is 0 Å². The van der Waals surface area contributed by atoms with Crippen LogP contribution < -0.4 is 9.64 Å². The summed E-state index contributed by atoms with van der Waals surface area (Å²) >= 11 is 0. The number of pyridine rings is 1. The van der Waals surface area contributed by atoms with Crippen molar-refractivity contribution in [2.45, 2.75) is 76.2 Å². The lowest BCUT2D eigenvalue weighted by atomic mass is 9.96. The Morgan fingerprint density at radius 2 is 1.71 bits per heavy atom. The quantitative estimate of drug-likeness (QED) is 0.0793. The van der Waals surface area contributed by atoms with Gasteiger partial charge in [0.15, 0.2) is 6.79 Å². The molecule has 0 amide bonds. The van der Waals surface area contributed by atoms with Crippen molar-refractivity contribution in [2.24, 2.45) is 0 Å². The van der Waals surface area contributed by atoms with Gasteiger partial charge in [0.2, 0.25) is 5.16 Å². The molecule has 1 saturated heterocycles. The van der Waals surface area contributed by atoms with E-state index in [1.807, 2.05) is 18.2 Å². The third-order valence-corrected chi connectivity index (χ3v) is 16.1. The summed E-state index contributed by atoms with van der Waals surface area (Å²) in [5.41, 5.74) is 7.23. The van der Waals surface area contributed by atoms with Gasteiger partial charge in [0.25, 0.3) is 0 Å². The van der Waals surface area contributed by atoms with E-state index >= 15 is 4.39 Å². The van der Waals surface area contributed by atoms with Gasteiger partial charge in [-0.1, -0.05) is 53.5 Å². The molecule has 0 N–H and O–H groups in total. The van der Waals surface area contributed by atoms with E-state index in [9.17, 15) is 4.21 Å². The summed E-state index contributed by atoms with van der Waals surface area (Å²) < 4.78 is 39.5. The number of aromatic nitrogens is 3. The fourth-order valence-corrected chi connectivity index (χ4v) is 12.6. The van der Waals surface area contributed by atoms with E-state index in [4.69, 9.17) is 14.5 Å². The highest BCUT2D eigenvalue weighted by atomic mass is 32.2. The number of methoxy groups -OCH3 is 1. The first-order chi connectivity index (χ1) is 21.5. The van der Waals surface area contributed by atoms with Crippen molar-refractivity contribution in [3.8, 4) is 28.5 Å². The molecule has 1 atom stereocenters. The Labute approximate surface area is 269 Å². The van der Waals surface area contributed by atoms with E-state index < -0.39 is 18.9 Å². The third-order valence-electron chi connectivity index (χ3n) is 9.13. The number of nitrogens with zero attached hydrogens (tertiary/aromatic N) is 4. The van der Waals surface area contributed by atoms with Crippen LogP contribution in [0, 0.1) is 17.3 Å². The zero-order chi connectivity index (χ0) is 32.5. The van der Waals surface area contributed by atoms with E-state index in [-0.39, 0.29) is 17.8 Å². The predicted octanol–water partition coefficient (Wildman–Crippen LogP) is 7.87. The van der Waals surface area contributed by atoms with Gasteiger partial charge in [-0.05, 0) is 59.1 Å². The number of halogens is 1. The summed E-state index contributed by atoms with van der Waals surface area (Å²) in [6.07, 6.45) is 5.40. The van der Waals surface area contributed by atoms with E-state index in [1.54, 1.807) is 25.6 Å². The molecule has 1 unspecified atom stereocenters. The van der Waals surface area contributed by atoms with Crippen LogP contribution in [0.4, 0.5) is 10.2 Å². The first-order valence-electron chi connectivity index (χ1n) is 15.7. The Morgan fingerprint density at radius 3 is 2.33 bits per heavy atom. The second-order valence-electron chi connectivity index (χ2n) is 12.8. The zero-order valence-electron chi connectivity index (χ0n) is 27.5. The molecule has 4 aromatic rings. The minimum Gasteiger partial charge on any atom is -0.468 e. The smallest absolute Gasteiger partial charge is 0.218 e. The molecule has 0 spiro atoms. The summed E-state index contributed by atoms with van der Waals surface area (Å²) in [6, 6.07) is 8.90. The average molecular weight is 647 g/mol. The molecule has 1 aliphatic rings. The molecule has 3 heterocycles. The topological polar surface area (TPSA) is 77.4 Å². The SMILES string of the molecule is COCOc1cc(-c2cc3nc(S(C)=O)ncc3c(N3CCCC3)n2)c2c(C#C[Si](C(C)C)(C(C)C)C(C)C)c(F)ccc2c1. The highest BCUT2D eigenvalue weighted by Gasteiger charge is 2.41. The van der Waals surface area contributed by atoms with E-state index in [0.717, 1.165) is 42.5 Å². The third kappa shape index (κ3) is 6.35. The molecule has 1 aliphatic heterocycles. The second kappa shape index (κ2) is 13.5. The number of hydrogen-bond acceptors (Lipinski definition) is 7. The van der Waals surface area contributed by atoms with E-state index in [1.165, 1.54) is 6.07 Å². The Morgan fingerprint density at radius 1 is 1.02 bits per heavy atom. The van der Waals surface area contributed by atoms with Crippen LogP contribution in [0.2, 0.25) is 16.6 Å². The number of anilines is 1. The van der Waals surface area contributed by atoms with Crippen molar-refractivity contribution in [2.75, 3.05) is 38.1 Å². The van der Waals surface area contributed by atoms with Crippen molar-refractivity contribution in [3.63, 3.8) is 0 Å². The fourth-order valence-electron chi connectivity index (χ4n) is 6.99. The molecule has 1 fully saturated rings. The van der Waals surface area contributed by atoms with Crippen LogP contribution in [0.5, 0.6) is 5.75 Å². The summed E-state index contributed by atoms with van der Waals surface area (Å²) in [6.45, 7) is 15.3. The van der Waals surface area contributed by atoms with Gasteiger partial charge in [-0.25, -0.2) is 19.3 Å². The molecule has 2 aromatic heterocycles. The van der Waals surface area contributed by atoms with Gasteiger partial charge < -0.3 is 14.4 Å². The standard InChI is InChI=1S/C35H43FN4O3SSi/c1-22(2)45(23(3)4,24(5)6)16-13-27-30(36)12-11-25-17-26(43-21-42-7)18-28(33(25)27)31-19-32-29(20-37-35(39-32)44(8)41)34(38-31)40-14-9-10-15-40/h11-12,17-20,22-24H,9-10,14-15,21H2,1-8H3. The first-order valence-corrected chi connectivity index (χ1v) is 19.4. The van der Waals surface area contributed by atoms with Gasteiger partial charge in [-0.3, -0.25) is 4.21 Å². The van der Waals surface area contributed by atoms with Crippen LogP contribution in [0.1, 0.15) is 59.9 Å². The van der Waals surface area contributed by atoms with Crippen molar-refractivity contribution >= 4 is 46.4 Å². The molecule has 45 heavy (non-hydrogen) atoms. The van der Waals surface area contributed by atoms with Gasteiger partial charge in [-0.15, -0.1) is 5.54 Å².